The number of hydrogen-bond acceptors (Lipinski definition) is 3. The molecule has 0 radical (unpaired) electrons. The highest BCUT2D eigenvalue weighted by atomic mass is 16.6. The molecule has 2 rings (SSSR count). The van der Waals surface area contributed by atoms with Crippen LogP contribution in [-0.2, 0) is 14.3 Å². The van der Waals surface area contributed by atoms with E-state index in [1.165, 1.54) is 12.8 Å². The van der Waals surface area contributed by atoms with E-state index in [9.17, 15) is 4.79 Å². The van der Waals surface area contributed by atoms with E-state index in [0.29, 0.717) is 0 Å². The van der Waals surface area contributed by atoms with Gasteiger partial charge in [-0.1, -0.05) is 27.7 Å². The first-order chi connectivity index (χ1) is 9.56. The van der Waals surface area contributed by atoms with Gasteiger partial charge in [0.25, 0.3) is 0 Å². The van der Waals surface area contributed by atoms with E-state index in [4.69, 9.17) is 9.47 Å². The van der Waals surface area contributed by atoms with Gasteiger partial charge in [0.05, 0.1) is 18.1 Å². The van der Waals surface area contributed by atoms with E-state index in [0.717, 1.165) is 32.1 Å². The lowest BCUT2D eigenvalue weighted by atomic mass is 9.86. The van der Waals surface area contributed by atoms with Crippen LogP contribution < -0.4 is 0 Å². The van der Waals surface area contributed by atoms with E-state index in [-0.39, 0.29) is 35.6 Å². The number of ether oxygens (including phenoxy) is 2. The maximum atomic E-state index is 12.7. The molecule has 3 nitrogen and oxygen atoms in total. The van der Waals surface area contributed by atoms with E-state index >= 15 is 0 Å². The average molecular weight is 282 g/mol. The lowest BCUT2D eigenvalue weighted by molar-refractivity contribution is -0.167. The fraction of sp³-hybridized carbons (Fsp3) is 0.941. The van der Waals surface area contributed by atoms with Gasteiger partial charge in [-0.2, -0.15) is 0 Å². The monoisotopic (exact) mass is 282 g/mol. The third-order valence-corrected chi connectivity index (χ3v) is 5.46. The summed E-state index contributed by atoms with van der Waals surface area (Å²) in [5, 5.41) is 0. The predicted molar refractivity (Wildman–Crippen MR) is 79.5 cm³/mol. The zero-order chi connectivity index (χ0) is 14.8. The molecule has 2 aliphatic rings. The molecule has 0 bridgehead atoms. The Hall–Kier alpha value is -0.570. The van der Waals surface area contributed by atoms with Crippen molar-refractivity contribution in [3.8, 4) is 0 Å². The van der Waals surface area contributed by atoms with Gasteiger partial charge in [-0.3, -0.25) is 4.79 Å². The molecule has 2 fully saturated rings. The van der Waals surface area contributed by atoms with Gasteiger partial charge in [0, 0.05) is 0 Å². The minimum absolute atomic E-state index is 0.0101. The number of esters is 1. The first-order valence-corrected chi connectivity index (χ1v) is 8.45. The lowest BCUT2D eigenvalue weighted by Crippen LogP contribution is -2.38. The van der Waals surface area contributed by atoms with Crippen LogP contribution in [0.4, 0.5) is 0 Å². The van der Waals surface area contributed by atoms with Crippen molar-refractivity contribution in [2.45, 2.75) is 90.4 Å². The molecule has 20 heavy (non-hydrogen) atoms. The number of rotatable bonds is 5. The van der Waals surface area contributed by atoms with Crippen molar-refractivity contribution in [3.63, 3.8) is 0 Å². The van der Waals surface area contributed by atoms with Crippen LogP contribution >= 0.6 is 0 Å². The maximum absolute atomic E-state index is 12.7. The molecule has 1 saturated heterocycles. The third-order valence-electron chi connectivity index (χ3n) is 5.46. The summed E-state index contributed by atoms with van der Waals surface area (Å²) >= 11 is 0. The highest BCUT2D eigenvalue weighted by Gasteiger charge is 2.47. The van der Waals surface area contributed by atoms with E-state index < -0.39 is 0 Å². The SMILES string of the molecule is CCC1OC(CC)C(C(=O)OC2(CC)CCCC2)C1C. The first kappa shape index (κ1) is 15.8. The van der Waals surface area contributed by atoms with E-state index in [2.05, 4.69) is 27.7 Å². The van der Waals surface area contributed by atoms with Crippen molar-refractivity contribution in [2.24, 2.45) is 11.8 Å². The molecule has 4 atom stereocenters. The molecule has 0 N–H and O–H groups in total. The zero-order valence-electron chi connectivity index (χ0n) is 13.5. The van der Waals surface area contributed by atoms with Crippen molar-refractivity contribution in [1.82, 2.24) is 0 Å². The second kappa shape index (κ2) is 6.46. The normalized spacial score (nSPS) is 36.2. The molecule has 1 saturated carbocycles. The molecule has 1 aliphatic heterocycles. The molecule has 4 unspecified atom stereocenters. The smallest absolute Gasteiger partial charge is 0.312 e. The molecule has 0 aromatic carbocycles. The minimum atomic E-state index is -0.181. The summed E-state index contributed by atoms with van der Waals surface area (Å²) < 4.78 is 12.0. The van der Waals surface area contributed by atoms with Crippen LogP contribution in [0.3, 0.4) is 0 Å². The van der Waals surface area contributed by atoms with E-state index in [1.807, 2.05) is 0 Å². The molecule has 1 aliphatic carbocycles. The largest absolute Gasteiger partial charge is 0.459 e. The van der Waals surface area contributed by atoms with Gasteiger partial charge >= 0.3 is 5.97 Å². The standard InChI is InChI=1S/C17H30O3/c1-5-13-12(4)15(14(6-2)19-13)16(18)20-17(7-3)10-8-9-11-17/h12-15H,5-11H2,1-4H3. The van der Waals surface area contributed by atoms with Crippen LogP contribution in [0.25, 0.3) is 0 Å². The van der Waals surface area contributed by atoms with Crippen LogP contribution in [0, 0.1) is 11.8 Å². The van der Waals surface area contributed by atoms with Crippen LogP contribution in [0.5, 0.6) is 0 Å². The number of hydrogen-bond donors (Lipinski definition) is 0. The average Bonchev–Trinajstić information content (AvgIpc) is 3.03. The fourth-order valence-electron chi connectivity index (χ4n) is 4.02. The molecule has 0 amide bonds. The Labute approximate surface area is 123 Å². The topological polar surface area (TPSA) is 35.5 Å². The first-order valence-electron chi connectivity index (χ1n) is 8.45. The van der Waals surface area contributed by atoms with Gasteiger partial charge in [0.1, 0.15) is 5.60 Å². The number of carbonyl (C=O) groups excluding carboxylic acids is 1. The molecular weight excluding hydrogens is 252 g/mol. The highest BCUT2D eigenvalue weighted by Crippen LogP contribution is 2.41. The quantitative estimate of drug-likeness (QED) is 0.712. The summed E-state index contributed by atoms with van der Waals surface area (Å²) in [4.78, 5) is 12.7. The molecule has 0 aromatic heterocycles. The van der Waals surface area contributed by atoms with Gasteiger partial charge in [0.15, 0.2) is 0 Å². The van der Waals surface area contributed by atoms with Gasteiger partial charge in [-0.15, -0.1) is 0 Å². The third kappa shape index (κ3) is 2.88. The molecule has 116 valence electrons. The Kier molecular flexibility index (Phi) is 5.11. The second-order valence-corrected chi connectivity index (χ2v) is 6.58. The van der Waals surface area contributed by atoms with Crippen molar-refractivity contribution in [3.05, 3.63) is 0 Å². The minimum Gasteiger partial charge on any atom is -0.459 e. The number of carbonyl (C=O) groups is 1. The summed E-state index contributed by atoms with van der Waals surface area (Å²) in [7, 11) is 0. The zero-order valence-corrected chi connectivity index (χ0v) is 13.5. The summed E-state index contributed by atoms with van der Waals surface area (Å²) in [6.45, 7) is 8.51. The summed E-state index contributed by atoms with van der Waals surface area (Å²) in [6, 6.07) is 0. The summed E-state index contributed by atoms with van der Waals surface area (Å²) in [6.07, 6.45) is 7.49. The molecule has 0 spiro atoms. The molecule has 3 heteroatoms. The summed E-state index contributed by atoms with van der Waals surface area (Å²) in [5.41, 5.74) is -0.181. The van der Waals surface area contributed by atoms with Crippen molar-refractivity contribution < 1.29 is 14.3 Å². The van der Waals surface area contributed by atoms with Gasteiger partial charge in [0.2, 0.25) is 0 Å². The molecular formula is C17H30O3. The fourth-order valence-corrected chi connectivity index (χ4v) is 4.02. The Morgan fingerprint density at radius 2 is 1.75 bits per heavy atom. The lowest BCUT2D eigenvalue weighted by Gasteiger charge is -2.31. The Morgan fingerprint density at radius 3 is 2.25 bits per heavy atom. The van der Waals surface area contributed by atoms with Crippen LogP contribution in [0.2, 0.25) is 0 Å². The Morgan fingerprint density at radius 1 is 1.15 bits per heavy atom. The van der Waals surface area contributed by atoms with Crippen molar-refractivity contribution >= 4 is 5.97 Å². The van der Waals surface area contributed by atoms with Crippen molar-refractivity contribution in [2.75, 3.05) is 0 Å². The predicted octanol–water partition coefficient (Wildman–Crippen LogP) is 4.09. The van der Waals surface area contributed by atoms with Crippen molar-refractivity contribution in [1.29, 1.82) is 0 Å². The highest BCUT2D eigenvalue weighted by molar-refractivity contribution is 5.74. The Bertz CT molecular complexity index is 331. The molecule has 0 aromatic rings. The van der Waals surface area contributed by atoms with Gasteiger partial charge in [-0.05, 0) is 50.9 Å². The van der Waals surface area contributed by atoms with Gasteiger partial charge < -0.3 is 9.47 Å². The summed E-state index contributed by atoms with van der Waals surface area (Å²) in [5.74, 6) is 0.186. The molecule has 1 heterocycles. The second-order valence-electron chi connectivity index (χ2n) is 6.58. The van der Waals surface area contributed by atoms with Crippen LogP contribution in [0.1, 0.15) is 72.6 Å². The van der Waals surface area contributed by atoms with Crippen LogP contribution in [-0.4, -0.2) is 23.8 Å². The Balaban J connectivity index is 2.07. The van der Waals surface area contributed by atoms with E-state index in [1.54, 1.807) is 0 Å². The van der Waals surface area contributed by atoms with Crippen LogP contribution in [0.15, 0.2) is 0 Å². The maximum Gasteiger partial charge on any atom is 0.312 e. The van der Waals surface area contributed by atoms with Gasteiger partial charge in [-0.25, -0.2) is 0 Å².